The Morgan fingerprint density at radius 1 is 0.789 bits per heavy atom. The van der Waals surface area contributed by atoms with Crippen molar-refractivity contribution in [1.29, 1.82) is 0 Å². The van der Waals surface area contributed by atoms with Gasteiger partial charge in [-0.05, 0) is 72.2 Å². The number of fused-ring (bicyclic) bond motifs is 6. The second kappa shape index (κ2) is 8.70. The third-order valence-corrected chi connectivity index (χ3v) is 7.93. The largest absolute Gasteiger partial charge is 0.457 e. The van der Waals surface area contributed by atoms with Gasteiger partial charge in [0, 0.05) is 16.6 Å². The predicted octanol–water partition coefficient (Wildman–Crippen LogP) is 6.20. The Kier molecular flexibility index (Phi) is 5.15. The van der Waals surface area contributed by atoms with Crippen LogP contribution in [0.1, 0.15) is 16.8 Å². The highest BCUT2D eigenvalue weighted by Gasteiger charge is 2.59. The Labute approximate surface area is 219 Å². The van der Waals surface area contributed by atoms with Crippen LogP contribution in [-0.4, -0.2) is 17.7 Å². The summed E-state index contributed by atoms with van der Waals surface area (Å²) in [6.07, 6.45) is 5.03. The Bertz CT molecular complexity index is 1610. The molecule has 3 amide bonds. The Balaban J connectivity index is 1.06. The Morgan fingerprint density at radius 3 is 2.24 bits per heavy atom. The molecule has 1 aliphatic heterocycles. The average molecular weight is 501 g/mol. The number of hydrogen-bond acceptors (Lipinski definition) is 4. The number of nitrogens with one attached hydrogen (secondary N) is 1. The van der Waals surface area contributed by atoms with E-state index in [4.69, 9.17) is 4.74 Å². The minimum absolute atomic E-state index is 0.144. The van der Waals surface area contributed by atoms with Gasteiger partial charge < -0.3 is 10.1 Å². The Hall–Kier alpha value is -4.71. The highest BCUT2D eigenvalue weighted by molar-refractivity contribution is 6.23. The number of imide groups is 1. The van der Waals surface area contributed by atoms with Crippen molar-refractivity contribution in [3.05, 3.63) is 109 Å². The number of hydrogen-bond donors (Lipinski definition) is 1. The zero-order chi connectivity index (χ0) is 25.8. The standard InChI is InChI=1S/C32H24N2O4/c35-30(33-23-13-15-25(16-14-23)38-27-10-4-6-19-5-1-2-9-26(19)27)22-7-3-8-24(18-22)34-31(36)28-20-11-12-21(17-20)29(28)32(34)37/h1-16,18,20-21,28-29H,17H2,(H,33,35)/t20-,21+,28+,29-. The van der Waals surface area contributed by atoms with E-state index >= 15 is 0 Å². The number of carbonyl (C=O) groups excluding carboxylic acids is 3. The molecule has 2 aliphatic carbocycles. The van der Waals surface area contributed by atoms with Gasteiger partial charge in [-0.1, -0.05) is 54.6 Å². The first-order chi connectivity index (χ1) is 18.6. The predicted molar refractivity (Wildman–Crippen MR) is 145 cm³/mol. The van der Waals surface area contributed by atoms with Gasteiger partial charge in [-0.3, -0.25) is 14.4 Å². The minimum atomic E-state index is -0.324. The molecule has 2 fully saturated rings. The number of nitrogens with zero attached hydrogens (tertiary/aromatic N) is 1. The van der Waals surface area contributed by atoms with Gasteiger partial charge in [0.1, 0.15) is 11.5 Å². The lowest BCUT2D eigenvalue weighted by molar-refractivity contribution is -0.123. The van der Waals surface area contributed by atoms with Crippen LogP contribution in [-0.2, 0) is 9.59 Å². The third kappa shape index (κ3) is 3.60. The molecule has 1 N–H and O–H groups in total. The second-order valence-corrected chi connectivity index (χ2v) is 10.1. The molecule has 4 aromatic carbocycles. The van der Waals surface area contributed by atoms with Crippen molar-refractivity contribution in [1.82, 2.24) is 0 Å². The summed E-state index contributed by atoms with van der Waals surface area (Å²) < 4.78 is 6.09. The minimum Gasteiger partial charge on any atom is -0.457 e. The van der Waals surface area contributed by atoms with Crippen LogP contribution in [0.3, 0.4) is 0 Å². The topological polar surface area (TPSA) is 75.7 Å². The SMILES string of the molecule is O=C(Nc1ccc(Oc2cccc3ccccc23)cc1)c1cccc(N2C(=O)[C@@H]3[C@H](C2=O)[C@H]2C=C[C@@H]3C2)c1. The van der Waals surface area contributed by atoms with Gasteiger partial charge in [-0.2, -0.15) is 0 Å². The molecule has 186 valence electrons. The zero-order valence-corrected chi connectivity index (χ0v) is 20.4. The van der Waals surface area contributed by atoms with Crippen molar-refractivity contribution in [2.45, 2.75) is 6.42 Å². The fraction of sp³-hybridized carbons (Fsp3) is 0.156. The molecular formula is C32H24N2O4. The number of ether oxygens (including phenoxy) is 1. The van der Waals surface area contributed by atoms with Crippen LogP contribution in [0.15, 0.2) is 103 Å². The Morgan fingerprint density at radius 2 is 1.47 bits per heavy atom. The molecule has 3 aliphatic rings. The van der Waals surface area contributed by atoms with E-state index in [1.807, 2.05) is 42.5 Å². The average Bonchev–Trinajstić information content (AvgIpc) is 3.63. The van der Waals surface area contributed by atoms with Gasteiger partial charge >= 0.3 is 0 Å². The summed E-state index contributed by atoms with van der Waals surface area (Å²) in [4.78, 5) is 40.6. The van der Waals surface area contributed by atoms with Gasteiger partial charge in [-0.25, -0.2) is 4.90 Å². The number of allylic oxidation sites excluding steroid dienone is 2. The molecule has 6 nitrogen and oxygen atoms in total. The zero-order valence-electron chi connectivity index (χ0n) is 20.4. The van der Waals surface area contributed by atoms with Crippen molar-refractivity contribution < 1.29 is 19.1 Å². The maximum Gasteiger partial charge on any atom is 0.255 e. The molecule has 4 aromatic rings. The van der Waals surface area contributed by atoms with Gasteiger partial charge in [0.2, 0.25) is 11.8 Å². The van der Waals surface area contributed by atoms with Crippen LogP contribution in [0.5, 0.6) is 11.5 Å². The molecule has 0 radical (unpaired) electrons. The molecule has 0 unspecified atom stereocenters. The number of amides is 3. The molecule has 6 heteroatoms. The lowest BCUT2D eigenvalue weighted by atomic mass is 9.85. The van der Waals surface area contributed by atoms with Crippen molar-refractivity contribution in [2.75, 3.05) is 10.2 Å². The number of benzene rings is 4. The monoisotopic (exact) mass is 500 g/mol. The van der Waals surface area contributed by atoms with Crippen molar-refractivity contribution in [2.24, 2.45) is 23.7 Å². The second-order valence-electron chi connectivity index (χ2n) is 10.1. The van der Waals surface area contributed by atoms with E-state index in [0.29, 0.717) is 22.7 Å². The first kappa shape index (κ1) is 22.5. The number of anilines is 2. The van der Waals surface area contributed by atoms with Crippen LogP contribution < -0.4 is 15.0 Å². The molecule has 7 rings (SSSR count). The molecule has 0 spiro atoms. The van der Waals surface area contributed by atoms with E-state index < -0.39 is 0 Å². The first-order valence-corrected chi connectivity index (χ1v) is 12.8. The molecule has 1 saturated carbocycles. The number of carbonyl (C=O) groups is 3. The molecule has 38 heavy (non-hydrogen) atoms. The highest BCUT2D eigenvalue weighted by Crippen LogP contribution is 2.53. The van der Waals surface area contributed by atoms with Crippen LogP contribution in [0, 0.1) is 23.7 Å². The van der Waals surface area contributed by atoms with Crippen molar-refractivity contribution >= 4 is 39.9 Å². The quantitative estimate of drug-likeness (QED) is 0.262. The van der Waals surface area contributed by atoms with E-state index in [2.05, 4.69) is 17.5 Å². The summed E-state index contributed by atoms with van der Waals surface area (Å²) in [6.45, 7) is 0. The molecule has 1 saturated heterocycles. The maximum atomic E-state index is 13.2. The van der Waals surface area contributed by atoms with E-state index in [1.165, 1.54) is 4.90 Å². The van der Waals surface area contributed by atoms with Crippen LogP contribution in [0.25, 0.3) is 10.8 Å². The molecule has 1 heterocycles. The van der Waals surface area contributed by atoms with Crippen molar-refractivity contribution in [3.63, 3.8) is 0 Å². The lowest BCUT2D eigenvalue weighted by Gasteiger charge is -2.18. The first-order valence-electron chi connectivity index (χ1n) is 12.8. The molecular weight excluding hydrogens is 476 g/mol. The summed E-state index contributed by atoms with van der Waals surface area (Å²) in [5.41, 5.74) is 1.42. The van der Waals surface area contributed by atoms with Gasteiger partial charge in [0.05, 0.1) is 17.5 Å². The van der Waals surface area contributed by atoms with Gasteiger partial charge in [0.15, 0.2) is 0 Å². The normalized spacial score (nSPS) is 23.2. The summed E-state index contributed by atoms with van der Waals surface area (Å²) in [6, 6.07) is 27.8. The van der Waals surface area contributed by atoms with E-state index in [9.17, 15) is 14.4 Å². The van der Waals surface area contributed by atoms with E-state index in [0.717, 1.165) is 22.9 Å². The summed E-state index contributed by atoms with van der Waals surface area (Å²) in [7, 11) is 0. The maximum absolute atomic E-state index is 13.2. The molecule has 0 aromatic heterocycles. The molecule has 4 atom stereocenters. The summed E-state index contributed by atoms with van der Waals surface area (Å²) in [5.74, 6) is 0.519. The van der Waals surface area contributed by atoms with Crippen LogP contribution in [0.4, 0.5) is 11.4 Å². The smallest absolute Gasteiger partial charge is 0.255 e. The van der Waals surface area contributed by atoms with Crippen LogP contribution >= 0.6 is 0 Å². The van der Waals surface area contributed by atoms with E-state index in [1.54, 1.807) is 48.5 Å². The highest BCUT2D eigenvalue weighted by atomic mass is 16.5. The fourth-order valence-electron chi connectivity index (χ4n) is 6.16. The van der Waals surface area contributed by atoms with E-state index in [-0.39, 0.29) is 41.4 Å². The summed E-state index contributed by atoms with van der Waals surface area (Å²) in [5, 5.41) is 5.01. The molecule has 2 bridgehead atoms. The van der Waals surface area contributed by atoms with Crippen molar-refractivity contribution in [3.8, 4) is 11.5 Å². The van der Waals surface area contributed by atoms with Gasteiger partial charge in [-0.15, -0.1) is 0 Å². The van der Waals surface area contributed by atoms with Crippen LogP contribution in [0.2, 0.25) is 0 Å². The summed E-state index contributed by atoms with van der Waals surface area (Å²) >= 11 is 0. The number of rotatable bonds is 5. The lowest BCUT2D eigenvalue weighted by Crippen LogP contribution is -2.33. The fourth-order valence-corrected chi connectivity index (χ4v) is 6.16. The van der Waals surface area contributed by atoms with Gasteiger partial charge in [0.25, 0.3) is 5.91 Å². The third-order valence-electron chi connectivity index (χ3n) is 7.93.